The van der Waals surface area contributed by atoms with Gasteiger partial charge in [0, 0.05) is 18.7 Å². The van der Waals surface area contributed by atoms with Gasteiger partial charge in [-0.25, -0.2) is 0 Å². The minimum Gasteiger partial charge on any atom is -0.312 e. The first kappa shape index (κ1) is 13.6. The second-order valence-electron chi connectivity index (χ2n) is 4.64. The molecule has 1 heterocycles. The summed E-state index contributed by atoms with van der Waals surface area (Å²) in [6.45, 7) is 4.17. The van der Waals surface area contributed by atoms with Gasteiger partial charge in [0.25, 0.3) is 0 Å². The first-order valence-electron chi connectivity index (χ1n) is 6.00. The summed E-state index contributed by atoms with van der Waals surface area (Å²) in [6, 6.07) is 4.70. The lowest BCUT2D eigenvalue weighted by Gasteiger charge is -2.17. The van der Waals surface area contributed by atoms with Gasteiger partial charge in [0.15, 0.2) is 0 Å². The predicted molar refractivity (Wildman–Crippen MR) is 66.7 cm³/mol. The number of anilines is 1. The molecule has 2 rings (SSSR count). The first-order valence-corrected chi connectivity index (χ1v) is 6.00. The van der Waals surface area contributed by atoms with Crippen LogP contribution < -0.4 is 4.90 Å². The van der Waals surface area contributed by atoms with Gasteiger partial charge >= 0.3 is 6.18 Å². The zero-order chi connectivity index (χ0) is 14.0. The predicted octanol–water partition coefficient (Wildman–Crippen LogP) is 3.63. The molecule has 0 N–H and O–H groups in total. The number of benzene rings is 1. The maximum Gasteiger partial charge on any atom is 0.416 e. The van der Waals surface area contributed by atoms with Crippen LogP contribution in [0.25, 0.3) is 0 Å². The van der Waals surface area contributed by atoms with E-state index in [1.54, 1.807) is 6.08 Å². The average molecular weight is 269 g/mol. The van der Waals surface area contributed by atoms with Gasteiger partial charge < -0.3 is 4.90 Å². The number of alkyl halides is 3. The van der Waals surface area contributed by atoms with Gasteiger partial charge in [0.05, 0.1) is 5.56 Å². The van der Waals surface area contributed by atoms with E-state index < -0.39 is 11.7 Å². The highest BCUT2D eigenvalue weighted by molar-refractivity contribution is 5.95. The van der Waals surface area contributed by atoms with Crippen molar-refractivity contribution in [2.24, 2.45) is 5.92 Å². The summed E-state index contributed by atoms with van der Waals surface area (Å²) < 4.78 is 37.3. The van der Waals surface area contributed by atoms with E-state index in [4.69, 9.17) is 0 Å². The number of carbonyl (C=O) groups is 1. The molecule has 1 aromatic carbocycles. The molecule has 102 valence electrons. The van der Waals surface area contributed by atoms with Crippen molar-refractivity contribution in [3.63, 3.8) is 0 Å². The van der Waals surface area contributed by atoms with E-state index in [2.05, 4.69) is 6.58 Å². The fourth-order valence-electron chi connectivity index (χ4n) is 2.26. The highest BCUT2D eigenvalue weighted by Crippen LogP contribution is 2.32. The molecule has 0 radical (unpaired) electrons. The Labute approximate surface area is 109 Å². The molecular formula is C14H14F3NO. The molecular weight excluding hydrogens is 255 g/mol. The van der Waals surface area contributed by atoms with Crippen LogP contribution in [-0.2, 0) is 11.0 Å². The third kappa shape index (κ3) is 2.97. The van der Waals surface area contributed by atoms with Crippen LogP contribution in [0.4, 0.5) is 18.9 Å². The fourth-order valence-corrected chi connectivity index (χ4v) is 2.26. The molecule has 1 aliphatic rings. The molecule has 1 aliphatic heterocycles. The van der Waals surface area contributed by atoms with Crippen molar-refractivity contribution in [3.8, 4) is 0 Å². The van der Waals surface area contributed by atoms with E-state index in [-0.39, 0.29) is 11.8 Å². The van der Waals surface area contributed by atoms with Crippen molar-refractivity contribution >= 4 is 11.6 Å². The van der Waals surface area contributed by atoms with Gasteiger partial charge in [0.1, 0.15) is 0 Å². The van der Waals surface area contributed by atoms with E-state index >= 15 is 0 Å². The Bertz CT molecular complexity index is 478. The van der Waals surface area contributed by atoms with E-state index in [1.165, 1.54) is 17.0 Å². The van der Waals surface area contributed by atoms with Crippen LogP contribution in [0.3, 0.4) is 0 Å². The Balaban J connectivity index is 2.15. The Hall–Kier alpha value is -1.78. The number of allylic oxidation sites excluding steroid dienone is 1. The van der Waals surface area contributed by atoms with Crippen LogP contribution in [0.5, 0.6) is 0 Å². The molecule has 2 nitrogen and oxygen atoms in total. The molecule has 1 saturated heterocycles. The molecule has 1 fully saturated rings. The van der Waals surface area contributed by atoms with E-state index in [0.717, 1.165) is 18.6 Å². The molecule has 1 amide bonds. The van der Waals surface area contributed by atoms with Gasteiger partial charge in [-0.1, -0.05) is 6.08 Å². The number of hydrogen-bond donors (Lipinski definition) is 0. The zero-order valence-corrected chi connectivity index (χ0v) is 10.3. The number of halogens is 3. The Kier molecular flexibility index (Phi) is 3.64. The quantitative estimate of drug-likeness (QED) is 0.767. The van der Waals surface area contributed by atoms with Crippen LogP contribution in [0, 0.1) is 5.92 Å². The van der Waals surface area contributed by atoms with Gasteiger partial charge in [0.2, 0.25) is 5.91 Å². The SMILES string of the molecule is C=CCC1CC(=O)N(c2ccc(C(F)(F)F)cc2)C1. The fraction of sp³-hybridized carbons (Fsp3) is 0.357. The van der Waals surface area contributed by atoms with Crippen LogP contribution in [0.2, 0.25) is 0 Å². The standard InChI is InChI=1S/C14H14F3NO/c1-2-3-10-8-13(19)18(9-10)12-6-4-11(5-7-12)14(15,16)17/h2,4-7,10H,1,3,8-9H2. The molecule has 1 aromatic rings. The average Bonchev–Trinajstić information content (AvgIpc) is 2.70. The lowest BCUT2D eigenvalue weighted by Crippen LogP contribution is -2.24. The number of hydrogen-bond acceptors (Lipinski definition) is 1. The summed E-state index contributed by atoms with van der Waals surface area (Å²) in [5, 5.41) is 0. The summed E-state index contributed by atoms with van der Waals surface area (Å²) in [5.74, 6) is 0.152. The van der Waals surface area contributed by atoms with E-state index in [9.17, 15) is 18.0 Å². The van der Waals surface area contributed by atoms with Gasteiger partial charge in [-0.15, -0.1) is 6.58 Å². The largest absolute Gasteiger partial charge is 0.416 e. The van der Waals surface area contributed by atoms with Gasteiger partial charge in [-0.2, -0.15) is 13.2 Å². The Morgan fingerprint density at radius 2 is 1.95 bits per heavy atom. The topological polar surface area (TPSA) is 20.3 Å². The molecule has 19 heavy (non-hydrogen) atoms. The number of carbonyl (C=O) groups excluding carboxylic acids is 1. The summed E-state index contributed by atoms with van der Waals surface area (Å²) >= 11 is 0. The maximum absolute atomic E-state index is 12.4. The summed E-state index contributed by atoms with van der Waals surface area (Å²) in [6.07, 6.45) is -1.43. The Morgan fingerprint density at radius 3 is 2.47 bits per heavy atom. The number of amides is 1. The Morgan fingerprint density at radius 1 is 1.32 bits per heavy atom. The third-order valence-electron chi connectivity index (χ3n) is 3.21. The lowest BCUT2D eigenvalue weighted by atomic mass is 10.1. The maximum atomic E-state index is 12.4. The molecule has 0 bridgehead atoms. The molecule has 5 heteroatoms. The van der Waals surface area contributed by atoms with Crippen LogP contribution in [0.15, 0.2) is 36.9 Å². The van der Waals surface area contributed by atoms with Crippen molar-refractivity contribution in [1.29, 1.82) is 0 Å². The van der Waals surface area contributed by atoms with Gasteiger partial charge in [-0.05, 0) is 36.6 Å². The second-order valence-corrected chi connectivity index (χ2v) is 4.64. The molecule has 1 unspecified atom stereocenters. The van der Waals surface area contributed by atoms with Crippen LogP contribution in [0.1, 0.15) is 18.4 Å². The minimum absolute atomic E-state index is 0.0494. The minimum atomic E-state index is -4.35. The molecule has 0 saturated carbocycles. The molecule has 0 spiro atoms. The van der Waals surface area contributed by atoms with Crippen molar-refractivity contribution < 1.29 is 18.0 Å². The lowest BCUT2D eigenvalue weighted by molar-refractivity contribution is -0.137. The second kappa shape index (κ2) is 5.07. The smallest absolute Gasteiger partial charge is 0.312 e. The number of rotatable bonds is 3. The highest BCUT2D eigenvalue weighted by Gasteiger charge is 2.32. The van der Waals surface area contributed by atoms with Crippen LogP contribution in [-0.4, -0.2) is 12.5 Å². The normalized spacial score (nSPS) is 19.8. The van der Waals surface area contributed by atoms with Crippen molar-refractivity contribution in [2.75, 3.05) is 11.4 Å². The molecule has 1 atom stereocenters. The monoisotopic (exact) mass is 269 g/mol. The third-order valence-corrected chi connectivity index (χ3v) is 3.21. The first-order chi connectivity index (χ1) is 8.91. The summed E-state index contributed by atoms with van der Waals surface area (Å²) in [4.78, 5) is 13.3. The van der Waals surface area contributed by atoms with Crippen molar-refractivity contribution in [3.05, 3.63) is 42.5 Å². The number of nitrogens with zero attached hydrogens (tertiary/aromatic N) is 1. The van der Waals surface area contributed by atoms with Crippen LogP contribution >= 0.6 is 0 Å². The highest BCUT2D eigenvalue weighted by atomic mass is 19.4. The van der Waals surface area contributed by atoms with Crippen molar-refractivity contribution in [1.82, 2.24) is 0 Å². The molecule has 0 aromatic heterocycles. The molecule has 0 aliphatic carbocycles. The zero-order valence-electron chi connectivity index (χ0n) is 10.3. The summed E-state index contributed by atoms with van der Waals surface area (Å²) in [7, 11) is 0. The summed E-state index contributed by atoms with van der Waals surface area (Å²) in [5.41, 5.74) is -0.185. The van der Waals surface area contributed by atoms with E-state index in [1.807, 2.05) is 0 Å². The van der Waals surface area contributed by atoms with E-state index in [0.29, 0.717) is 18.7 Å². The van der Waals surface area contributed by atoms with Gasteiger partial charge in [-0.3, -0.25) is 4.79 Å². The van der Waals surface area contributed by atoms with Crippen molar-refractivity contribution in [2.45, 2.75) is 19.0 Å².